The first-order valence-electron chi connectivity index (χ1n) is 5.77. The van der Waals surface area contributed by atoms with Crippen molar-refractivity contribution in [3.8, 4) is 0 Å². The van der Waals surface area contributed by atoms with Crippen LogP contribution in [0.1, 0.15) is 40.5 Å². The van der Waals surface area contributed by atoms with Crippen LogP contribution in [0.2, 0.25) is 0 Å². The molecule has 0 aromatic rings. The first-order chi connectivity index (χ1) is 7.42. The number of epoxide rings is 1. The Morgan fingerprint density at radius 1 is 1.44 bits per heavy atom. The highest BCUT2D eigenvalue weighted by molar-refractivity contribution is 5.67. The minimum absolute atomic E-state index is 0.00449. The molecule has 1 amide bonds. The standard InChI is InChI=1S/C11H19NO4/c1-5-6-7-8-9(14-8)16-12(7)10(13)15-11(2,3)4/h7-9H,5-6H2,1-4H3/t7-,8-,9+/m1/s1. The van der Waals surface area contributed by atoms with Gasteiger partial charge in [-0.2, -0.15) is 5.06 Å². The van der Waals surface area contributed by atoms with E-state index in [-0.39, 0.29) is 18.4 Å². The van der Waals surface area contributed by atoms with Crippen molar-refractivity contribution in [1.29, 1.82) is 0 Å². The second-order valence-corrected chi connectivity index (χ2v) is 5.24. The maximum absolute atomic E-state index is 11.8. The molecular formula is C11H19NO4. The zero-order valence-electron chi connectivity index (χ0n) is 10.2. The van der Waals surface area contributed by atoms with Crippen molar-refractivity contribution in [3.63, 3.8) is 0 Å². The molecule has 2 heterocycles. The Kier molecular flexibility index (Phi) is 2.84. The number of hydrogen-bond acceptors (Lipinski definition) is 4. The summed E-state index contributed by atoms with van der Waals surface area (Å²) in [5, 5.41) is 1.34. The third kappa shape index (κ3) is 2.30. The van der Waals surface area contributed by atoms with Crippen LogP contribution in [-0.2, 0) is 14.3 Å². The summed E-state index contributed by atoms with van der Waals surface area (Å²) < 4.78 is 10.5. The molecule has 0 N–H and O–H groups in total. The largest absolute Gasteiger partial charge is 0.442 e. The van der Waals surface area contributed by atoms with Gasteiger partial charge in [0.05, 0.1) is 6.04 Å². The van der Waals surface area contributed by atoms with E-state index in [1.54, 1.807) is 0 Å². The molecule has 0 unspecified atom stereocenters. The maximum atomic E-state index is 11.8. The Balaban J connectivity index is 1.95. The van der Waals surface area contributed by atoms with Crippen LogP contribution in [0.5, 0.6) is 0 Å². The summed E-state index contributed by atoms with van der Waals surface area (Å²) in [7, 11) is 0. The van der Waals surface area contributed by atoms with Crippen LogP contribution in [-0.4, -0.2) is 35.2 Å². The number of hydroxylamine groups is 2. The Bertz CT molecular complexity index is 286. The normalized spacial score (nSPS) is 32.5. The van der Waals surface area contributed by atoms with E-state index in [9.17, 15) is 4.79 Å². The Labute approximate surface area is 95.6 Å². The fourth-order valence-corrected chi connectivity index (χ4v) is 1.85. The third-order valence-electron chi connectivity index (χ3n) is 2.54. The molecule has 0 aliphatic carbocycles. The van der Waals surface area contributed by atoms with E-state index in [1.165, 1.54) is 5.06 Å². The lowest BCUT2D eigenvalue weighted by Gasteiger charge is -2.28. The molecule has 5 nitrogen and oxygen atoms in total. The lowest BCUT2D eigenvalue weighted by atomic mass is 10.1. The van der Waals surface area contributed by atoms with Gasteiger partial charge in [-0.25, -0.2) is 9.63 Å². The SMILES string of the molecule is CCC[C@@H]1[C@H]2O[C@H]2ON1C(=O)OC(C)(C)C. The number of ether oxygens (including phenoxy) is 2. The van der Waals surface area contributed by atoms with Crippen LogP contribution in [0.3, 0.4) is 0 Å². The molecule has 0 aromatic carbocycles. The summed E-state index contributed by atoms with van der Waals surface area (Å²) in [6, 6.07) is 0.00449. The minimum Gasteiger partial charge on any atom is -0.442 e. The minimum atomic E-state index is -0.495. The summed E-state index contributed by atoms with van der Waals surface area (Å²) in [5.74, 6) is 0. The molecule has 0 spiro atoms. The average molecular weight is 229 g/mol. The fourth-order valence-electron chi connectivity index (χ4n) is 1.85. The molecule has 0 saturated carbocycles. The van der Waals surface area contributed by atoms with E-state index in [0.717, 1.165) is 12.8 Å². The molecule has 16 heavy (non-hydrogen) atoms. The second-order valence-electron chi connectivity index (χ2n) is 5.24. The summed E-state index contributed by atoms with van der Waals surface area (Å²) in [4.78, 5) is 17.2. The molecule has 0 bridgehead atoms. The van der Waals surface area contributed by atoms with Crippen molar-refractivity contribution < 1.29 is 19.1 Å². The summed E-state index contributed by atoms with van der Waals surface area (Å²) in [6.45, 7) is 7.59. The Morgan fingerprint density at radius 2 is 2.12 bits per heavy atom. The van der Waals surface area contributed by atoms with Crippen molar-refractivity contribution >= 4 is 6.09 Å². The fraction of sp³-hybridized carbons (Fsp3) is 0.909. The topological polar surface area (TPSA) is 51.3 Å². The lowest BCUT2D eigenvalue weighted by Crippen LogP contribution is -2.42. The predicted octanol–water partition coefficient (Wildman–Crippen LogP) is 2.06. The van der Waals surface area contributed by atoms with Crippen molar-refractivity contribution in [3.05, 3.63) is 0 Å². The van der Waals surface area contributed by atoms with Gasteiger partial charge in [0.25, 0.3) is 0 Å². The highest BCUT2D eigenvalue weighted by atomic mass is 16.9. The van der Waals surface area contributed by atoms with Gasteiger partial charge in [-0.3, -0.25) is 0 Å². The van der Waals surface area contributed by atoms with Crippen molar-refractivity contribution in [2.24, 2.45) is 0 Å². The van der Waals surface area contributed by atoms with Gasteiger partial charge >= 0.3 is 6.09 Å². The number of amides is 1. The van der Waals surface area contributed by atoms with Gasteiger partial charge in [0.1, 0.15) is 11.7 Å². The highest BCUT2D eigenvalue weighted by Gasteiger charge is 2.58. The van der Waals surface area contributed by atoms with E-state index >= 15 is 0 Å². The highest BCUT2D eigenvalue weighted by Crippen LogP contribution is 2.40. The predicted molar refractivity (Wildman–Crippen MR) is 56.5 cm³/mol. The quantitative estimate of drug-likeness (QED) is 0.680. The summed E-state index contributed by atoms with van der Waals surface area (Å²) in [6.07, 6.45) is 1.26. The van der Waals surface area contributed by atoms with E-state index in [2.05, 4.69) is 6.92 Å². The van der Waals surface area contributed by atoms with Crippen LogP contribution >= 0.6 is 0 Å². The summed E-state index contributed by atoms with van der Waals surface area (Å²) in [5.41, 5.74) is -0.495. The van der Waals surface area contributed by atoms with Crippen molar-refractivity contribution in [2.45, 2.75) is 64.6 Å². The van der Waals surface area contributed by atoms with Gasteiger partial charge in [-0.05, 0) is 27.2 Å². The van der Waals surface area contributed by atoms with E-state index < -0.39 is 11.7 Å². The molecule has 2 rings (SSSR count). The lowest BCUT2D eigenvalue weighted by molar-refractivity contribution is -0.189. The van der Waals surface area contributed by atoms with Crippen molar-refractivity contribution in [2.75, 3.05) is 0 Å². The van der Waals surface area contributed by atoms with Gasteiger partial charge in [0.15, 0.2) is 0 Å². The van der Waals surface area contributed by atoms with Gasteiger partial charge in [-0.15, -0.1) is 0 Å². The molecule has 2 saturated heterocycles. The second kappa shape index (κ2) is 3.89. The van der Waals surface area contributed by atoms with Gasteiger partial charge < -0.3 is 9.47 Å². The van der Waals surface area contributed by atoms with Crippen LogP contribution in [0.25, 0.3) is 0 Å². The van der Waals surface area contributed by atoms with Crippen LogP contribution in [0.4, 0.5) is 4.79 Å². The molecular weight excluding hydrogens is 210 g/mol. The zero-order valence-corrected chi connectivity index (χ0v) is 10.2. The number of carbonyl (C=O) groups is 1. The van der Waals surface area contributed by atoms with E-state index in [1.807, 2.05) is 20.8 Å². The molecule has 2 aliphatic heterocycles. The molecule has 92 valence electrons. The Hall–Kier alpha value is -0.810. The molecule has 2 fully saturated rings. The smallest absolute Gasteiger partial charge is 0.434 e. The number of fused-ring (bicyclic) bond motifs is 1. The summed E-state index contributed by atoms with van der Waals surface area (Å²) >= 11 is 0. The molecule has 2 aliphatic rings. The molecule has 0 radical (unpaired) electrons. The van der Waals surface area contributed by atoms with E-state index in [4.69, 9.17) is 14.3 Å². The van der Waals surface area contributed by atoms with Crippen LogP contribution in [0, 0.1) is 0 Å². The molecule has 5 heteroatoms. The van der Waals surface area contributed by atoms with Gasteiger partial charge in [0.2, 0.25) is 6.29 Å². The first kappa shape index (κ1) is 11.7. The first-order valence-corrected chi connectivity index (χ1v) is 5.77. The number of nitrogens with zero attached hydrogens (tertiary/aromatic N) is 1. The van der Waals surface area contributed by atoms with Crippen LogP contribution < -0.4 is 0 Å². The number of rotatable bonds is 2. The van der Waals surface area contributed by atoms with Crippen LogP contribution in [0.15, 0.2) is 0 Å². The zero-order chi connectivity index (χ0) is 11.9. The Morgan fingerprint density at radius 3 is 2.69 bits per heavy atom. The third-order valence-corrected chi connectivity index (χ3v) is 2.54. The van der Waals surface area contributed by atoms with E-state index in [0.29, 0.717) is 0 Å². The maximum Gasteiger partial charge on any atom is 0.434 e. The monoisotopic (exact) mass is 229 g/mol. The number of carbonyl (C=O) groups excluding carboxylic acids is 1. The number of hydrogen-bond donors (Lipinski definition) is 0. The van der Waals surface area contributed by atoms with Gasteiger partial charge in [-0.1, -0.05) is 13.3 Å². The molecule has 0 aromatic heterocycles. The molecule has 3 atom stereocenters. The van der Waals surface area contributed by atoms with Crippen molar-refractivity contribution in [1.82, 2.24) is 5.06 Å². The van der Waals surface area contributed by atoms with Gasteiger partial charge in [0, 0.05) is 0 Å². The average Bonchev–Trinajstić information content (AvgIpc) is 2.81.